The second-order valence-electron chi connectivity index (χ2n) is 4.31. The van der Waals surface area contributed by atoms with Crippen LogP contribution in [0.5, 0.6) is 0 Å². The Morgan fingerprint density at radius 1 is 1.47 bits per heavy atom. The smallest absolute Gasteiger partial charge is 0.339 e. The maximum atomic E-state index is 11.8. The van der Waals surface area contributed by atoms with Crippen LogP contribution in [-0.4, -0.2) is 18.1 Å². The van der Waals surface area contributed by atoms with Crippen LogP contribution >= 0.6 is 11.3 Å². The monoisotopic (exact) mass is 276 g/mol. The lowest BCUT2D eigenvalue weighted by molar-refractivity contribution is 0.0601. The molecule has 0 aliphatic rings. The molecule has 0 aliphatic heterocycles. The number of nitrogens with one attached hydrogen (secondary N) is 1. The van der Waals surface area contributed by atoms with Gasteiger partial charge in [-0.15, -0.1) is 11.3 Å². The highest BCUT2D eigenvalue weighted by Gasteiger charge is 2.15. The minimum Gasteiger partial charge on any atom is -0.465 e. The zero-order valence-electron chi connectivity index (χ0n) is 11.1. The Balaban J connectivity index is 2.27. The molecule has 0 fully saturated rings. The third-order valence-electron chi connectivity index (χ3n) is 2.83. The predicted molar refractivity (Wildman–Crippen MR) is 76.7 cm³/mol. The summed E-state index contributed by atoms with van der Waals surface area (Å²) in [7, 11) is 1.39. The molecule has 1 unspecified atom stereocenters. The van der Waals surface area contributed by atoms with Crippen LogP contribution in [0.1, 0.15) is 33.8 Å². The molecule has 1 heterocycles. The Bertz CT molecular complexity index is 567. The summed E-state index contributed by atoms with van der Waals surface area (Å²) in [6, 6.07) is 5.79. The van der Waals surface area contributed by atoms with E-state index in [1.54, 1.807) is 16.8 Å². The number of benzene rings is 1. The minimum absolute atomic E-state index is 0.0959. The summed E-state index contributed by atoms with van der Waals surface area (Å²) >= 11 is 1.58. The van der Waals surface area contributed by atoms with Crippen LogP contribution in [-0.2, 0) is 4.74 Å². The number of rotatable bonds is 4. The number of aromatic nitrogens is 1. The number of hydrogen-bond acceptors (Lipinski definition) is 5. The van der Waals surface area contributed by atoms with Crippen molar-refractivity contribution < 1.29 is 9.53 Å². The van der Waals surface area contributed by atoms with Crippen molar-refractivity contribution in [3.63, 3.8) is 0 Å². The SMILES string of the molecule is COC(=O)c1cc(C)ccc1NC(C)c1cncs1. The molecule has 5 heteroatoms. The molecule has 0 amide bonds. The summed E-state index contributed by atoms with van der Waals surface area (Å²) in [5.74, 6) is -0.331. The summed E-state index contributed by atoms with van der Waals surface area (Å²) in [5, 5.41) is 3.32. The van der Waals surface area contributed by atoms with Crippen molar-refractivity contribution in [2.24, 2.45) is 0 Å². The van der Waals surface area contributed by atoms with E-state index in [2.05, 4.69) is 10.3 Å². The summed E-state index contributed by atoms with van der Waals surface area (Å²) in [6.45, 7) is 3.98. The molecule has 2 rings (SSSR count). The van der Waals surface area contributed by atoms with Crippen molar-refractivity contribution in [2.75, 3.05) is 12.4 Å². The average molecular weight is 276 g/mol. The van der Waals surface area contributed by atoms with E-state index in [1.807, 2.05) is 38.2 Å². The highest BCUT2D eigenvalue weighted by molar-refractivity contribution is 7.09. The topological polar surface area (TPSA) is 51.2 Å². The van der Waals surface area contributed by atoms with Crippen LogP contribution < -0.4 is 5.32 Å². The van der Waals surface area contributed by atoms with Crippen molar-refractivity contribution in [3.8, 4) is 0 Å². The summed E-state index contributed by atoms with van der Waals surface area (Å²) < 4.78 is 4.82. The van der Waals surface area contributed by atoms with Crippen LogP contribution in [0.3, 0.4) is 0 Å². The number of carbonyl (C=O) groups is 1. The molecule has 0 aliphatic carbocycles. The van der Waals surface area contributed by atoms with E-state index >= 15 is 0 Å². The summed E-state index contributed by atoms with van der Waals surface area (Å²) in [5.41, 5.74) is 4.15. The fourth-order valence-corrected chi connectivity index (χ4v) is 2.43. The second-order valence-corrected chi connectivity index (χ2v) is 5.23. The largest absolute Gasteiger partial charge is 0.465 e. The lowest BCUT2D eigenvalue weighted by atomic mass is 10.1. The molecule has 0 saturated carbocycles. The summed E-state index contributed by atoms with van der Waals surface area (Å²) in [6.07, 6.45) is 1.83. The van der Waals surface area contributed by atoms with Crippen LogP contribution in [0.25, 0.3) is 0 Å². The van der Waals surface area contributed by atoms with Crippen molar-refractivity contribution in [2.45, 2.75) is 19.9 Å². The number of thiazole rings is 1. The number of methoxy groups -OCH3 is 1. The Morgan fingerprint density at radius 2 is 2.26 bits per heavy atom. The number of anilines is 1. The number of aryl methyl sites for hydroxylation is 1. The van der Waals surface area contributed by atoms with Crippen molar-refractivity contribution in [3.05, 3.63) is 45.9 Å². The molecule has 19 heavy (non-hydrogen) atoms. The first-order valence-corrected chi connectivity index (χ1v) is 6.83. The van der Waals surface area contributed by atoms with Gasteiger partial charge in [0, 0.05) is 16.8 Å². The molecule has 2 aromatic rings. The van der Waals surface area contributed by atoms with E-state index in [4.69, 9.17) is 4.74 Å². The Kier molecular flexibility index (Phi) is 4.16. The first-order valence-electron chi connectivity index (χ1n) is 5.95. The first-order chi connectivity index (χ1) is 9.11. The van der Waals surface area contributed by atoms with Crippen molar-refractivity contribution in [1.29, 1.82) is 0 Å². The number of nitrogens with zero attached hydrogens (tertiary/aromatic N) is 1. The highest BCUT2D eigenvalue weighted by atomic mass is 32.1. The second kappa shape index (κ2) is 5.84. The third kappa shape index (κ3) is 3.12. The Labute approximate surface area is 116 Å². The molecule has 0 spiro atoms. The van der Waals surface area contributed by atoms with Crippen LogP contribution in [0.4, 0.5) is 5.69 Å². The summed E-state index contributed by atoms with van der Waals surface area (Å²) in [4.78, 5) is 17.0. The van der Waals surface area contributed by atoms with Crippen LogP contribution in [0.2, 0.25) is 0 Å². The zero-order chi connectivity index (χ0) is 13.8. The fourth-order valence-electron chi connectivity index (χ4n) is 1.81. The van der Waals surface area contributed by atoms with E-state index in [9.17, 15) is 4.79 Å². The number of esters is 1. The van der Waals surface area contributed by atoms with Crippen molar-refractivity contribution >= 4 is 23.0 Å². The van der Waals surface area contributed by atoms with E-state index in [1.165, 1.54) is 7.11 Å². The predicted octanol–water partition coefficient (Wildman–Crippen LogP) is 3.41. The van der Waals surface area contributed by atoms with Gasteiger partial charge in [-0.05, 0) is 26.0 Å². The molecule has 0 radical (unpaired) electrons. The molecular weight excluding hydrogens is 260 g/mol. The van der Waals surface area contributed by atoms with E-state index in [0.717, 1.165) is 16.1 Å². The van der Waals surface area contributed by atoms with Crippen LogP contribution in [0, 0.1) is 6.92 Å². The standard InChI is InChI=1S/C14H16N2O2S/c1-9-4-5-12(11(6-9)14(17)18-3)16-10(2)13-7-15-8-19-13/h4-8,10,16H,1-3H3. The van der Waals surface area contributed by atoms with Gasteiger partial charge in [0.2, 0.25) is 0 Å². The fraction of sp³-hybridized carbons (Fsp3) is 0.286. The van der Waals surface area contributed by atoms with E-state index in [0.29, 0.717) is 5.56 Å². The first kappa shape index (κ1) is 13.5. The maximum absolute atomic E-state index is 11.8. The van der Waals surface area contributed by atoms with Gasteiger partial charge >= 0.3 is 5.97 Å². The van der Waals surface area contributed by atoms with Gasteiger partial charge in [0.05, 0.1) is 24.2 Å². The normalized spacial score (nSPS) is 11.9. The van der Waals surface area contributed by atoms with Crippen molar-refractivity contribution in [1.82, 2.24) is 4.98 Å². The van der Waals surface area contributed by atoms with Gasteiger partial charge in [0.1, 0.15) is 0 Å². The van der Waals surface area contributed by atoms with Gasteiger partial charge < -0.3 is 10.1 Å². The molecule has 1 aromatic carbocycles. The molecule has 4 nitrogen and oxygen atoms in total. The van der Waals surface area contributed by atoms with Gasteiger partial charge in [-0.25, -0.2) is 4.79 Å². The molecule has 1 aromatic heterocycles. The molecule has 0 bridgehead atoms. The Hall–Kier alpha value is -1.88. The lowest BCUT2D eigenvalue weighted by Gasteiger charge is -2.16. The highest BCUT2D eigenvalue weighted by Crippen LogP contribution is 2.25. The van der Waals surface area contributed by atoms with Gasteiger partial charge in [-0.3, -0.25) is 4.98 Å². The third-order valence-corrected chi connectivity index (χ3v) is 3.79. The van der Waals surface area contributed by atoms with Gasteiger partial charge in [-0.2, -0.15) is 0 Å². The maximum Gasteiger partial charge on any atom is 0.339 e. The van der Waals surface area contributed by atoms with Gasteiger partial charge in [0.25, 0.3) is 0 Å². The quantitative estimate of drug-likeness (QED) is 0.869. The van der Waals surface area contributed by atoms with Gasteiger partial charge in [0.15, 0.2) is 0 Å². The van der Waals surface area contributed by atoms with Gasteiger partial charge in [-0.1, -0.05) is 11.6 Å². The van der Waals surface area contributed by atoms with E-state index < -0.39 is 0 Å². The van der Waals surface area contributed by atoms with E-state index in [-0.39, 0.29) is 12.0 Å². The van der Waals surface area contributed by atoms with Crippen LogP contribution in [0.15, 0.2) is 29.9 Å². The molecular formula is C14H16N2O2S. The average Bonchev–Trinajstić information content (AvgIpc) is 2.94. The Morgan fingerprint density at radius 3 is 2.89 bits per heavy atom. The molecule has 0 saturated heterocycles. The number of ether oxygens (including phenoxy) is 1. The number of hydrogen-bond donors (Lipinski definition) is 1. The molecule has 100 valence electrons. The lowest BCUT2D eigenvalue weighted by Crippen LogP contribution is -2.11. The molecule has 1 N–H and O–H groups in total. The molecule has 1 atom stereocenters. The minimum atomic E-state index is -0.331. The zero-order valence-corrected chi connectivity index (χ0v) is 12.0. The number of carbonyl (C=O) groups excluding carboxylic acids is 1.